The number of rotatable bonds is 12. The van der Waals surface area contributed by atoms with Crippen molar-refractivity contribution in [3.8, 4) is 0 Å². The third-order valence-corrected chi connectivity index (χ3v) is 8.75. The Labute approximate surface area is 238 Å². The van der Waals surface area contributed by atoms with Crippen molar-refractivity contribution < 1.29 is 18.0 Å². The van der Waals surface area contributed by atoms with Gasteiger partial charge in [0.2, 0.25) is 21.8 Å². The van der Waals surface area contributed by atoms with Crippen molar-refractivity contribution in [2.45, 2.75) is 24.8 Å². The number of carbonyl (C=O) groups excluding carboxylic acids is 2. The normalized spacial score (nSPS) is 11.6. The average molecular weight is 591 g/mol. The van der Waals surface area contributed by atoms with Crippen molar-refractivity contribution in [1.82, 2.24) is 14.9 Å². The highest BCUT2D eigenvalue weighted by Gasteiger charge is 2.29. The van der Waals surface area contributed by atoms with E-state index < -0.39 is 28.4 Å². The molecule has 0 atom stereocenters. The van der Waals surface area contributed by atoms with Crippen LogP contribution in [-0.4, -0.2) is 50.4 Å². The largest absolute Gasteiger partial charge is 0.350 e. The quantitative estimate of drug-likeness (QED) is 0.169. The number of hydrogen-bond acceptors (Lipinski definition) is 6. The smallest absolute Gasteiger partial charge is 0.245 e. The van der Waals surface area contributed by atoms with Gasteiger partial charge in [0.25, 0.3) is 0 Å². The Morgan fingerprint density at radius 3 is 2.31 bits per heavy atom. The second-order valence-corrected chi connectivity index (χ2v) is 11.3. The molecule has 0 unspecified atom stereocenters. The van der Waals surface area contributed by atoms with Gasteiger partial charge < -0.3 is 16.5 Å². The summed E-state index contributed by atoms with van der Waals surface area (Å²) in [6.07, 6.45) is 1.87. The van der Waals surface area contributed by atoms with Crippen molar-refractivity contribution in [2.24, 2.45) is 10.9 Å². The molecule has 0 saturated carbocycles. The van der Waals surface area contributed by atoms with Crippen molar-refractivity contribution in [3.05, 3.63) is 99.0 Å². The standard InChI is InChI=1S/C27H29Cl2N5O4S/c1-19-23(28)11-12-24(27(19)29)39(37,38)34(14-13-20-5-3-2-4-6-20)18-26(36)32-17-25(35)31-15-21-7-9-22(10-8-21)16-33-30/h2-12,16H,13-15,17-18,30H2,1H3,(H,31,35)(H,32,36). The van der Waals surface area contributed by atoms with E-state index in [2.05, 4.69) is 15.7 Å². The van der Waals surface area contributed by atoms with E-state index in [-0.39, 0.29) is 29.6 Å². The van der Waals surface area contributed by atoms with Gasteiger partial charge in [-0.2, -0.15) is 9.41 Å². The number of carbonyl (C=O) groups is 2. The zero-order valence-electron chi connectivity index (χ0n) is 21.2. The van der Waals surface area contributed by atoms with Gasteiger partial charge in [-0.3, -0.25) is 9.59 Å². The van der Waals surface area contributed by atoms with Crippen molar-refractivity contribution >= 4 is 51.3 Å². The maximum Gasteiger partial charge on any atom is 0.245 e. The van der Waals surface area contributed by atoms with Gasteiger partial charge >= 0.3 is 0 Å². The van der Waals surface area contributed by atoms with E-state index in [1.807, 2.05) is 42.5 Å². The number of nitrogens with zero attached hydrogens (tertiary/aromatic N) is 2. The first kappa shape index (κ1) is 30.1. The molecule has 4 N–H and O–H groups in total. The molecule has 0 fully saturated rings. The van der Waals surface area contributed by atoms with Crippen LogP contribution in [0.4, 0.5) is 0 Å². The molecule has 3 rings (SSSR count). The number of nitrogens with one attached hydrogen (secondary N) is 2. The summed E-state index contributed by atoms with van der Waals surface area (Å²) in [5, 5.41) is 8.98. The molecule has 9 nitrogen and oxygen atoms in total. The highest BCUT2D eigenvalue weighted by Crippen LogP contribution is 2.32. The van der Waals surface area contributed by atoms with Gasteiger partial charge in [-0.05, 0) is 47.7 Å². The van der Waals surface area contributed by atoms with E-state index in [1.54, 1.807) is 19.1 Å². The lowest BCUT2D eigenvalue weighted by molar-refractivity contribution is -0.126. The molecule has 0 spiro atoms. The number of benzene rings is 3. The second-order valence-electron chi connectivity index (χ2n) is 8.63. The van der Waals surface area contributed by atoms with Crippen LogP contribution in [-0.2, 0) is 32.6 Å². The molecular formula is C27H29Cl2N5O4S. The van der Waals surface area contributed by atoms with Crippen LogP contribution in [0.5, 0.6) is 0 Å². The molecule has 3 aromatic rings. The van der Waals surface area contributed by atoms with Crippen LogP contribution in [0.2, 0.25) is 10.0 Å². The summed E-state index contributed by atoms with van der Waals surface area (Å²) in [5.41, 5.74) is 2.99. The van der Waals surface area contributed by atoms with Crippen LogP contribution in [0.3, 0.4) is 0 Å². The van der Waals surface area contributed by atoms with Crippen LogP contribution in [0, 0.1) is 6.92 Å². The van der Waals surface area contributed by atoms with Gasteiger partial charge in [-0.1, -0.05) is 77.8 Å². The molecule has 0 heterocycles. The minimum Gasteiger partial charge on any atom is -0.350 e. The monoisotopic (exact) mass is 589 g/mol. The summed E-state index contributed by atoms with van der Waals surface area (Å²) < 4.78 is 28.2. The van der Waals surface area contributed by atoms with Gasteiger partial charge in [0, 0.05) is 18.1 Å². The van der Waals surface area contributed by atoms with Crippen LogP contribution >= 0.6 is 23.2 Å². The molecule has 0 aliphatic carbocycles. The Kier molecular flexibility index (Phi) is 10.9. The van der Waals surface area contributed by atoms with Crippen molar-refractivity contribution in [2.75, 3.05) is 19.6 Å². The summed E-state index contributed by atoms with van der Waals surface area (Å²) in [7, 11) is -4.16. The summed E-state index contributed by atoms with van der Waals surface area (Å²) in [6, 6.07) is 19.3. The molecule has 206 valence electrons. The number of halogens is 2. The Morgan fingerprint density at radius 2 is 1.64 bits per heavy atom. The number of hydrazone groups is 1. The molecule has 0 radical (unpaired) electrons. The molecule has 3 aromatic carbocycles. The number of sulfonamides is 1. The summed E-state index contributed by atoms with van der Waals surface area (Å²) in [6.45, 7) is 1.08. The maximum atomic E-state index is 13.6. The molecule has 0 saturated heterocycles. The average Bonchev–Trinajstić information content (AvgIpc) is 2.93. The SMILES string of the molecule is Cc1c(Cl)ccc(S(=O)(=O)N(CCc2ccccc2)CC(=O)NCC(=O)NCc2ccc(C=NN)cc2)c1Cl. The molecule has 0 aliphatic rings. The highest BCUT2D eigenvalue weighted by atomic mass is 35.5. The van der Waals surface area contributed by atoms with Crippen LogP contribution in [0.1, 0.15) is 22.3 Å². The van der Waals surface area contributed by atoms with Gasteiger partial charge in [0.05, 0.1) is 24.3 Å². The zero-order valence-corrected chi connectivity index (χ0v) is 23.6. The first-order valence-electron chi connectivity index (χ1n) is 12.0. The Bertz CT molecular complexity index is 1430. The third kappa shape index (κ3) is 8.52. The summed E-state index contributed by atoms with van der Waals surface area (Å²) in [5.74, 6) is 4.07. The third-order valence-electron chi connectivity index (χ3n) is 5.85. The van der Waals surface area contributed by atoms with Crippen LogP contribution in [0.15, 0.2) is 76.7 Å². The molecule has 2 amide bonds. The summed E-state index contributed by atoms with van der Waals surface area (Å²) in [4.78, 5) is 24.9. The maximum absolute atomic E-state index is 13.6. The van der Waals surface area contributed by atoms with Crippen LogP contribution in [0.25, 0.3) is 0 Å². The molecule has 0 aromatic heterocycles. The topological polar surface area (TPSA) is 134 Å². The molecule has 12 heteroatoms. The van der Waals surface area contributed by atoms with Gasteiger partial charge in [0.15, 0.2) is 0 Å². The lowest BCUT2D eigenvalue weighted by Gasteiger charge is -2.23. The first-order chi connectivity index (χ1) is 18.6. The van der Waals surface area contributed by atoms with Crippen molar-refractivity contribution in [3.63, 3.8) is 0 Å². The molecule has 39 heavy (non-hydrogen) atoms. The molecule has 0 bridgehead atoms. The Hall–Kier alpha value is -3.44. The van der Waals surface area contributed by atoms with E-state index >= 15 is 0 Å². The highest BCUT2D eigenvalue weighted by molar-refractivity contribution is 7.89. The minimum atomic E-state index is -4.16. The fourth-order valence-corrected chi connectivity index (χ4v) is 5.80. The van der Waals surface area contributed by atoms with E-state index in [0.29, 0.717) is 17.0 Å². The van der Waals surface area contributed by atoms with Gasteiger partial charge in [-0.15, -0.1) is 0 Å². The van der Waals surface area contributed by atoms with E-state index in [0.717, 1.165) is 21.0 Å². The number of nitrogens with two attached hydrogens (primary N) is 1. The lowest BCUT2D eigenvalue weighted by Crippen LogP contribution is -2.44. The Morgan fingerprint density at radius 1 is 0.949 bits per heavy atom. The van der Waals surface area contributed by atoms with E-state index in [9.17, 15) is 18.0 Å². The molecular weight excluding hydrogens is 561 g/mol. The summed E-state index contributed by atoms with van der Waals surface area (Å²) >= 11 is 12.4. The van der Waals surface area contributed by atoms with Crippen molar-refractivity contribution in [1.29, 1.82) is 0 Å². The second kappa shape index (κ2) is 14.1. The fourth-order valence-electron chi connectivity index (χ4n) is 3.62. The number of amides is 2. The van der Waals surface area contributed by atoms with Gasteiger partial charge in [0.1, 0.15) is 4.90 Å². The first-order valence-corrected chi connectivity index (χ1v) is 14.2. The predicted octanol–water partition coefficient (Wildman–Crippen LogP) is 3.26. The molecule has 0 aliphatic heterocycles. The van der Waals surface area contributed by atoms with Crippen LogP contribution < -0.4 is 16.5 Å². The fraction of sp³-hybridized carbons (Fsp3) is 0.222. The minimum absolute atomic E-state index is 0.00431. The predicted molar refractivity (Wildman–Crippen MR) is 153 cm³/mol. The van der Waals surface area contributed by atoms with Gasteiger partial charge in [-0.25, -0.2) is 8.42 Å². The van der Waals surface area contributed by atoms with E-state index in [1.165, 1.54) is 18.3 Å². The van der Waals surface area contributed by atoms with E-state index in [4.69, 9.17) is 29.0 Å². The number of hydrogen-bond donors (Lipinski definition) is 3. The zero-order chi connectivity index (χ0) is 28.4. The Balaban J connectivity index is 1.65. The lowest BCUT2D eigenvalue weighted by atomic mass is 10.1.